The standard InChI is InChI=1S/C24H32O3/c1-15(2)19-12-10-17(5)14-22(19)27-23-20-9-7-6-8-18(20)11-13-21(23)24(25)26-16(3)4/h6-9,11,13,15-17,19,22H,10,12,14H2,1-5H3/t17-,19+,22-/m1/s1. The number of carbonyl (C=O) groups excluding carboxylic acids is 1. The van der Waals surface area contributed by atoms with E-state index >= 15 is 0 Å². The van der Waals surface area contributed by atoms with Crippen molar-refractivity contribution in [2.45, 2.75) is 66.1 Å². The number of rotatable bonds is 5. The van der Waals surface area contributed by atoms with Crippen LogP contribution in [0.3, 0.4) is 0 Å². The number of hydrogen-bond acceptors (Lipinski definition) is 3. The topological polar surface area (TPSA) is 35.5 Å². The highest BCUT2D eigenvalue weighted by Gasteiger charge is 2.33. The molecule has 0 N–H and O–H groups in total. The van der Waals surface area contributed by atoms with Crippen molar-refractivity contribution in [3.63, 3.8) is 0 Å². The molecule has 0 unspecified atom stereocenters. The molecule has 0 aromatic heterocycles. The average molecular weight is 369 g/mol. The second kappa shape index (κ2) is 8.33. The van der Waals surface area contributed by atoms with Gasteiger partial charge in [-0.25, -0.2) is 4.79 Å². The molecule has 0 amide bonds. The highest BCUT2D eigenvalue weighted by molar-refractivity contribution is 6.01. The molecule has 3 atom stereocenters. The van der Waals surface area contributed by atoms with Crippen molar-refractivity contribution < 1.29 is 14.3 Å². The Labute approximate surface area is 163 Å². The Hall–Kier alpha value is -2.03. The van der Waals surface area contributed by atoms with E-state index < -0.39 is 0 Å². The molecular weight excluding hydrogens is 336 g/mol. The minimum absolute atomic E-state index is 0.130. The smallest absolute Gasteiger partial charge is 0.342 e. The summed E-state index contributed by atoms with van der Waals surface area (Å²) in [5.41, 5.74) is 0.531. The lowest BCUT2D eigenvalue weighted by Crippen LogP contribution is -2.36. The lowest BCUT2D eigenvalue weighted by molar-refractivity contribution is 0.0331. The number of carbonyl (C=O) groups is 1. The molecule has 3 rings (SSSR count). The summed E-state index contributed by atoms with van der Waals surface area (Å²) in [7, 11) is 0. The second-order valence-electron chi connectivity index (χ2n) is 8.60. The number of esters is 1. The van der Waals surface area contributed by atoms with E-state index in [1.807, 2.05) is 44.2 Å². The summed E-state index contributed by atoms with van der Waals surface area (Å²) < 4.78 is 12.1. The molecule has 0 bridgehead atoms. The number of fused-ring (bicyclic) bond motifs is 1. The molecule has 27 heavy (non-hydrogen) atoms. The fourth-order valence-corrected chi connectivity index (χ4v) is 4.21. The molecule has 0 saturated heterocycles. The summed E-state index contributed by atoms with van der Waals surface area (Å²) in [5.74, 6) is 2.09. The Morgan fingerprint density at radius 1 is 1.04 bits per heavy atom. The van der Waals surface area contributed by atoms with Gasteiger partial charge in [0, 0.05) is 5.39 Å². The molecule has 1 fully saturated rings. The van der Waals surface area contributed by atoms with E-state index in [1.165, 1.54) is 12.8 Å². The first-order chi connectivity index (χ1) is 12.9. The molecule has 1 saturated carbocycles. The van der Waals surface area contributed by atoms with Crippen molar-refractivity contribution in [2.75, 3.05) is 0 Å². The predicted octanol–water partition coefficient (Wildman–Crippen LogP) is 6.24. The molecule has 3 nitrogen and oxygen atoms in total. The van der Waals surface area contributed by atoms with E-state index in [0.29, 0.717) is 29.1 Å². The maximum absolute atomic E-state index is 12.7. The van der Waals surface area contributed by atoms with E-state index in [0.717, 1.165) is 17.2 Å². The quantitative estimate of drug-likeness (QED) is 0.586. The third-order valence-corrected chi connectivity index (χ3v) is 5.67. The van der Waals surface area contributed by atoms with Crippen LogP contribution in [0.2, 0.25) is 0 Å². The summed E-state index contributed by atoms with van der Waals surface area (Å²) in [6.07, 6.45) is 3.44. The van der Waals surface area contributed by atoms with E-state index in [1.54, 1.807) is 0 Å². The van der Waals surface area contributed by atoms with Crippen LogP contribution in [0, 0.1) is 17.8 Å². The van der Waals surface area contributed by atoms with Gasteiger partial charge in [-0.1, -0.05) is 57.5 Å². The number of benzene rings is 2. The first-order valence-electron chi connectivity index (χ1n) is 10.3. The molecule has 0 aliphatic heterocycles. The normalized spacial score (nSPS) is 23.0. The van der Waals surface area contributed by atoms with Gasteiger partial charge in [0.25, 0.3) is 0 Å². The maximum atomic E-state index is 12.7. The molecule has 0 radical (unpaired) electrons. The van der Waals surface area contributed by atoms with Crippen LogP contribution in [0.15, 0.2) is 36.4 Å². The Morgan fingerprint density at radius 2 is 1.78 bits per heavy atom. The van der Waals surface area contributed by atoms with Crippen molar-refractivity contribution in [1.82, 2.24) is 0 Å². The van der Waals surface area contributed by atoms with Crippen LogP contribution >= 0.6 is 0 Å². The zero-order valence-electron chi connectivity index (χ0n) is 17.2. The zero-order valence-corrected chi connectivity index (χ0v) is 17.2. The average Bonchev–Trinajstić information content (AvgIpc) is 2.61. The zero-order chi connectivity index (χ0) is 19.6. The Balaban J connectivity index is 2.03. The van der Waals surface area contributed by atoms with Gasteiger partial charge in [0.05, 0.1) is 6.10 Å². The van der Waals surface area contributed by atoms with Gasteiger partial charge in [-0.2, -0.15) is 0 Å². The van der Waals surface area contributed by atoms with Gasteiger partial charge >= 0.3 is 5.97 Å². The Bertz CT molecular complexity index is 793. The fourth-order valence-electron chi connectivity index (χ4n) is 4.21. The van der Waals surface area contributed by atoms with E-state index in [4.69, 9.17) is 9.47 Å². The molecule has 146 valence electrons. The van der Waals surface area contributed by atoms with Gasteiger partial charge in [0.15, 0.2) is 0 Å². The van der Waals surface area contributed by atoms with Crippen LogP contribution in [-0.4, -0.2) is 18.2 Å². The summed E-state index contributed by atoms with van der Waals surface area (Å²) >= 11 is 0. The van der Waals surface area contributed by atoms with Gasteiger partial charge in [0.1, 0.15) is 17.4 Å². The highest BCUT2D eigenvalue weighted by Crippen LogP contribution is 2.39. The first-order valence-corrected chi connectivity index (χ1v) is 10.3. The number of hydrogen-bond donors (Lipinski definition) is 0. The van der Waals surface area contributed by atoms with Crippen molar-refractivity contribution >= 4 is 16.7 Å². The lowest BCUT2D eigenvalue weighted by Gasteiger charge is -2.37. The molecule has 3 heteroatoms. The lowest BCUT2D eigenvalue weighted by atomic mass is 9.75. The van der Waals surface area contributed by atoms with Crippen LogP contribution in [0.1, 0.15) is 64.2 Å². The van der Waals surface area contributed by atoms with Crippen molar-refractivity contribution in [1.29, 1.82) is 0 Å². The van der Waals surface area contributed by atoms with Gasteiger partial charge in [-0.05, 0) is 55.9 Å². The highest BCUT2D eigenvalue weighted by atomic mass is 16.5. The fraction of sp³-hybridized carbons (Fsp3) is 0.542. The van der Waals surface area contributed by atoms with E-state index in [2.05, 4.69) is 26.8 Å². The van der Waals surface area contributed by atoms with Crippen LogP contribution in [0.25, 0.3) is 10.8 Å². The minimum Gasteiger partial charge on any atom is -0.489 e. The Morgan fingerprint density at radius 3 is 2.48 bits per heavy atom. The third-order valence-electron chi connectivity index (χ3n) is 5.67. The van der Waals surface area contributed by atoms with Gasteiger partial charge < -0.3 is 9.47 Å². The monoisotopic (exact) mass is 368 g/mol. The van der Waals surface area contributed by atoms with Gasteiger partial charge in [0.2, 0.25) is 0 Å². The van der Waals surface area contributed by atoms with Crippen molar-refractivity contribution in [3.8, 4) is 5.75 Å². The second-order valence-corrected chi connectivity index (χ2v) is 8.60. The molecule has 0 spiro atoms. The largest absolute Gasteiger partial charge is 0.489 e. The first kappa shape index (κ1) is 19.7. The van der Waals surface area contributed by atoms with Crippen LogP contribution < -0.4 is 4.74 Å². The summed E-state index contributed by atoms with van der Waals surface area (Å²) in [4.78, 5) is 12.7. The molecule has 2 aromatic rings. The van der Waals surface area contributed by atoms with Gasteiger partial charge in [-0.15, -0.1) is 0 Å². The number of ether oxygens (including phenoxy) is 2. The van der Waals surface area contributed by atoms with Crippen molar-refractivity contribution in [3.05, 3.63) is 42.0 Å². The molecule has 2 aromatic carbocycles. The maximum Gasteiger partial charge on any atom is 0.342 e. The third kappa shape index (κ3) is 4.45. The summed E-state index contributed by atoms with van der Waals surface area (Å²) in [6.45, 7) is 10.6. The molecule has 1 aliphatic carbocycles. The Kier molecular flexibility index (Phi) is 6.08. The van der Waals surface area contributed by atoms with Crippen molar-refractivity contribution in [2.24, 2.45) is 17.8 Å². The molecular formula is C24H32O3. The van der Waals surface area contributed by atoms with Crippen LogP contribution in [0.5, 0.6) is 5.75 Å². The molecule has 0 heterocycles. The van der Waals surface area contributed by atoms with Crippen LogP contribution in [-0.2, 0) is 4.74 Å². The summed E-state index contributed by atoms with van der Waals surface area (Å²) in [6, 6.07) is 11.9. The van der Waals surface area contributed by atoms with Crippen LogP contribution in [0.4, 0.5) is 0 Å². The van der Waals surface area contributed by atoms with E-state index in [9.17, 15) is 4.79 Å². The molecule has 1 aliphatic rings. The van der Waals surface area contributed by atoms with E-state index in [-0.39, 0.29) is 18.2 Å². The van der Waals surface area contributed by atoms with Gasteiger partial charge in [-0.3, -0.25) is 0 Å². The minimum atomic E-state index is -0.310. The SMILES string of the molecule is CC(C)OC(=O)c1ccc2ccccc2c1O[C@@H]1C[C@H](C)CC[C@H]1C(C)C. The summed E-state index contributed by atoms with van der Waals surface area (Å²) in [5, 5.41) is 2.06. The predicted molar refractivity (Wildman–Crippen MR) is 110 cm³/mol.